The van der Waals surface area contributed by atoms with Crippen LogP contribution in [0, 0.1) is 0 Å². The van der Waals surface area contributed by atoms with Crippen molar-refractivity contribution >= 4 is 21.8 Å². The summed E-state index contributed by atoms with van der Waals surface area (Å²) in [6.45, 7) is 0. The van der Waals surface area contributed by atoms with Gasteiger partial charge in [0.2, 0.25) is 0 Å². The molecule has 0 amide bonds. The van der Waals surface area contributed by atoms with Gasteiger partial charge in [0.1, 0.15) is 0 Å². The molecule has 0 aliphatic heterocycles. The zero-order valence-electron chi connectivity index (χ0n) is 19.5. The fourth-order valence-corrected chi connectivity index (χ4v) is 5.27. The molecule has 2 heterocycles. The number of pyridine rings is 2. The van der Waals surface area contributed by atoms with E-state index in [2.05, 4.69) is 9.97 Å². The molecule has 0 aliphatic carbocycles. The fourth-order valence-electron chi connectivity index (χ4n) is 5.27. The van der Waals surface area contributed by atoms with Crippen molar-refractivity contribution in [1.82, 2.24) is 9.97 Å². The summed E-state index contributed by atoms with van der Waals surface area (Å²) < 4.78 is 0. The molecule has 4 heteroatoms. The number of para-hydroxylation sites is 2. The highest BCUT2D eigenvalue weighted by molar-refractivity contribution is 5.86. The third-order valence-corrected chi connectivity index (χ3v) is 6.95. The van der Waals surface area contributed by atoms with Gasteiger partial charge in [0.25, 0.3) is 0 Å². The van der Waals surface area contributed by atoms with Gasteiger partial charge in [-0.05, 0) is 23.3 Å². The maximum atomic E-state index is 13.1. The van der Waals surface area contributed by atoms with Gasteiger partial charge in [-0.2, -0.15) is 0 Å². The van der Waals surface area contributed by atoms with E-state index in [0.29, 0.717) is 33.3 Å². The number of hydrogen-bond acceptors (Lipinski definition) is 4. The van der Waals surface area contributed by atoms with E-state index in [4.69, 9.17) is 0 Å². The van der Waals surface area contributed by atoms with Crippen LogP contribution in [0.5, 0.6) is 0 Å². The molecule has 6 rings (SSSR count). The van der Waals surface area contributed by atoms with E-state index in [1.807, 2.05) is 121 Å². The van der Waals surface area contributed by atoms with Gasteiger partial charge in [0.05, 0.1) is 11.0 Å². The highest BCUT2D eigenvalue weighted by atomic mass is 16.4. The topological polar surface area (TPSA) is 66.2 Å². The molecule has 36 heavy (non-hydrogen) atoms. The minimum Gasteiger partial charge on any atom is -0.376 e. The summed E-state index contributed by atoms with van der Waals surface area (Å²) in [6, 6.07) is 37.6. The van der Waals surface area contributed by atoms with Crippen LogP contribution in [0.4, 0.5) is 0 Å². The molecule has 0 spiro atoms. The molecule has 4 aromatic carbocycles. The molecule has 174 valence electrons. The Hall–Kier alpha value is -4.38. The van der Waals surface area contributed by atoms with Gasteiger partial charge in [-0.25, -0.2) is 0 Å². The van der Waals surface area contributed by atoms with Crippen molar-refractivity contribution in [2.75, 3.05) is 0 Å². The summed E-state index contributed by atoms with van der Waals surface area (Å²) in [5, 5.41) is 28.0. The van der Waals surface area contributed by atoms with E-state index in [9.17, 15) is 10.2 Å². The summed E-state index contributed by atoms with van der Waals surface area (Å²) in [7, 11) is 0. The average molecular weight is 469 g/mol. The normalized spacial score (nSPS) is 14.8. The first kappa shape index (κ1) is 22.1. The minimum atomic E-state index is -1.92. The van der Waals surface area contributed by atoms with E-state index in [0.717, 1.165) is 10.8 Å². The molecular formula is C32H24N2O2. The van der Waals surface area contributed by atoms with Crippen LogP contribution in [0.2, 0.25) is 0 Å². The molecule has 4 nitrogen and oxygen atoms in total. The molecule has 2 unspecified atom stereocenters. The van der Waals surface area contributed by atoms with Gasteiger partial charge >= 0.3 is 0 Å². The number of rotatable bonds is 5. The summed E-state index contributed by atoms with van der Waals surface area (Å²) in [5.41, 5.74) is -0.505. The Bertz CT molecular complexity index is 1530. The second-order valence-corrected chi connectivity index (χ2v) is 8.91. The Kier molecular flexibility index (Phi) is 5.33. The quantitative estimate of drug-likeness (QED) is 0.328. The van der Waals surface area contributed by atoms with E-state index >= 15 is 0 Å². The Balaban J connectivity index is 1.81. The maximum absolute atomic E-state index is 13.1. The van der Waals surface area contributed by atoms with Crippen molar-refractivity contribution in [2.45, 2.75) is 11.2 Å². The standard InChI is InChI=1S/C32H24N2O2/c35-31(25-15-3-1-4-16-25,27-19-7-11-23-13-9-21-33-29(23)27)32(36,26-17-5-2-6-18-26)28-20-8-12-24-14-10-22-34-30(24)28/h1-22,35-36H. The van der Waals surface area contributed by atoms with Crippen LogP contribution in [0.15, 0.2) is 134 Å². The third kappa shape index (κ3) is 3.23. The van der Waals surface area contributed by atoms with Crippen LogP contribution in [-0.4, -0.2) is 20.2 Å². The minimum absolute atomic E-state index is 0.506. The highest BCUT2D eigenvalue weighted by Gasteiger charge is 2.55. The first-order valence-electron chi connectivity index (χ1n) is 11.9. The van der Waals surface area contributed by atoms with Crippen LogP contribution in [0.1, 0.15) is 22.3 Å². The second kappa shape index (κ2) is 8.68. The van der Waals surface area contributed by atoms with Crippen molar-refractivity contribution in [2.24, 2.45) is 0 Å². The Morgan fingerprint density at radius 1 is 0.417 bits per heavy atom. The number of fused-ring (bicyclic) bond motifs is 2. The van der Waals surface area contributed by atoms with Gasteiger partial charge in [-0.15, -0.1) is 0 Å². The molecule has 0 radical (unpaired) electrons. The zero-order valence-corrected chi connectivity index (χ0v) is 19.5. The molecule has 2 N–H and O–H groups in total. The summed E-state index contributed by atoms with van der Waals surface area (Å²) in [5.74, 6) is 0. The van der Waals surface area contributed by atoms with Crippen LogP contribution >= 0.6 is 0 Å². The smallest absolute Gasteiger partial charge is 0.154 e. The molecule has 0 aliphatic rings. The lowest BCUT2D eigenvalue weighted by atomic mass is 9.65. The lowest BCUT2D eigenvalue weighted by Crippen LogP contribution is -2.51. The fraction of sp³-hybridized carbons (Fsp3) is 0.0625. The average Bonchev–Trinajstić information content (AvgIpc) is 2.96. The lowest BCUT2D eigenvalue weighted by Gasteiger charge is -2.45. The Morgan fingerprint density at radius 2 is 0.806 bits per heavy atom. The number of aromatic nitrogens is 2. The maximum Gasteiger partial charge on any atom is 0.154 e. The molecule has 0 fully saturated rings. The van der Waals surface area contributed by atoms with E-state index in [-0.39, 0.29) is 0 Å². The molecule has 6 aromatic rings. The first-order chi connectivity index (χ1) is 17.6. The van der Waals surface area contributed by atoms with Crippen LogP contribution in [0.3, 0.4) is 0 Å². The van der Waals surface area contributed by atoms with Crippen LogP contribution in [0.25, 0.3) is 21.8 Å². The van der Waals surface area contributed by atoms with Gasteiger partial charge in [-0.1, -0.05) is 109 Å². The Labute approximate surface area is 209 Å². The monoisotopic (exact) mass is 468 g/mol. The zero-order chi connectivity index (χ0) is 24.6. The van der Waals surface area contributed by atoms with Crippen LogP contribution < -0.4 is 0 Å². The Morgan fingerprint density at radius 3 is 1.22 bits per heavy atom. The van der Waals surface area contributed by atoms with Crippen molar-refractivity contribution in [1.29, 1.82) is 0 Å². The summed E-state index contributed by atoms with van der Waals surface area (Å²) in [6.07, 6.45) is 3.41. The van der Waals surface area contributed by atoms with Gasteiger partial charge in [0.15, 0.2) is 11.2 Å². The lowest BCUT2D eigenvalue weighted by molar-refractivity contribution is -0.111. The van der Waals surface area contributed by atoms with Gasteiger partial charge < -0.3 is 10.2 Å². The largest absolute Gasteiger partial charge is 0.376 e. The number of hydrogen-bond donors (Lipinski definition) is 2. The predicted molar refractivity (Wildman–Crippen MR) is 142 cm³/mol. The van der Waals surface area contributed by atoms with E-state index < -0.39 is 11.2 Å². The second-order valence-electron chi connectivity index (χ2n) is 8.91. The van der Waals surface area contributed by atoms with Crippen molar-refractivity contribution < 1.29 is 10.2 Å². The SMILES string of the molecule is OC(c1ccccc1)(c1cccc2cccnc12)C(O)(c1ccccc1)c1cccc2cccnc12. The number of benzene rings is 4. The van der Waals surface area contributed by atoms with Crippen LogP contribution in [-0.2, 0) is 11.2 Å². The van der Waals surface area contributed by atoms with E-state index in [1.54, 1.807) is 12.4 Å². The molecule has 0 saturated carbocycles. The predicted octanol–water partition coefficient (Wildman–Crippen LogP) is 5.96. The summed E-state index contributed by atoms with van der Waals surface area (Å²) in [4.78, 5) is 9.30. The van der Waals surface area contributed by atoms with Crippen molar-refractivity contribution in [3.8, 4) is 0 Å². The number of aliphatic hydroxyl groups is 2. The van der Waals surface area contributed by atoms with Crippen molar-refractivity contribution in [3.63, 3.8) is 0 Å². The highest BCUT2D eigenvalue weighted by Crippen LogP contribution is 2.52. The molecule has 2 atom stereocenters. The molecule has 0 saturated heterocycles. The van der Waals surface area contributed by atoms with E-state index in [1.165, 1.54) is 0 Å². The summed E-state index contributed by atoms with van der Waals surface area (Å²) >= 11 is 0. The molecule has 2 aromatic heterocycles. The molecular weight excluding hydrogens is 444 g/mol. The third-order valence-electron chi connectivity index (χ3n) is 6.95. The van der Waals surface area contributed by atoms with Crippen molar-refractivity contribution in [3.05, 3.63) is 156 Å². The molecule has 0 bridgehead atoms. The van der Waals surface area contributed by atoms with Gasteiger partial charge in [-0.3, -0.25) is 9.97 Å². The number of nitrogens with zero attached hydrogens (tertiary/aromatic N) is 2. The van der Waals surface area contributed by atoms with Gasteiger partial charge in [0, 0.05) is 34.3 Å². The first-order valence-corrected chi connectivity index (χ1v) is 11.9.